The summed E-state index contributed by atoms with van der Waals surface area (Å²) < 4.78 is 62.9. The van der Waals surface area contributed by atoms with Gasteiger partial charge in [-0.3, -0.25) is 4.40 Å². The van der Waals surface area contributed by atoms with E-state index in [1.54, 1.807) is 23.6 Å². The Balaban J connectivity index is 1.34. The number of pyridine rings is 1. The number of ether oxygens (including phenoxy) is 1. The Kier molecular flexibility index (Phi) is 7.10. The normalized spacial score (nSPS) is 19.9. The van der Waals surface area contributed by atoms with Crippen LogP contribution in [0.1, 0.15) is 18.4 Å². The molecular weight excluding hydrogens is 568 g/mol. The molecule has 0 spiro atoms. The van der Waals surface area contributed by atoms with E-state index in [9.17, 15) is 22.0 Å². The van der Waals surface area contributed by atoms with Crippen LogP contribution in [0.2, 0.25) is 0 Å². The van der Waals surface area contributed by atoms with Crippen LogP contribution < -0.4 is 14.9 Å². The van der Waals surface area contributed by atoms with Crippen molar-refractivity contribution in [3.63, 3.8) is 0 Å². The molecule has 0 atom stereocenters. The largest absolute Gasteiger partial charge is 0.377 e. The Hall–Kier alpha value is -2.99. The zero-order valence-electron chi connectivity index (χ0n) is 21.7. The maximum absolute atomic E-state index is 13.5. The van der Waals surface area contributed by atoms with Gasteiger partial charge in [-0.15, -0.1) is 10.2 Å². The Labute approximate surface area is 233 Å². The predicted octanol–water partition coefficient (Wildman–Crippen LogP) is 1.00. The SMILES string of the molecule is CC1(NS(=O)(=O)c2cc(N3CCN(C(=O)N4CCNCC4)CC3)c3cnc(-c4nnc(C(F)F)s4)n3c2)COC1. The molecule has 0 unspecified atom stereocenters. The minimum absolute atomic E-state index is 0.000490. The Morgan fingerprint density at radius 3 is 2.45 bits per heavy atom. The molecule has 6 rings (SSSR count). The maximum Gasteiger partial charge on any atom is 0.320 e. The summed E-state index contributed by atoms with van der Waals surface area (Å²) in [6.07, 6.45) is 0.205. The van der Waals surface area contributed by atoms with E-state index in [1.807, 2.05) is 14.7 Å². The average molecular weight is 598 g/mol. The second-order valence-corrected chi connectivity index (χ2v) is 13.0. The van der Waals surface area contributed by atoms with Crippen molar-refractivity contribution >= 4 is 38.6 Å². The van der Waals surface area contributed by atoms with E-state index in [-0.39, 0.29) is 35.0 Å². The Morgan fingerprint density at radius 2 is 1.82 bits per heavy atom. The number of carbonyl (C=O) groups excluding carboxylic acids is 1. The fourth-order valence-corrected chi connectivity index (χ4v) is 7.16. The summed E-state index contributed by atoms with van der Waals surface area (Å²) in [5, 5.41) is 10.4. The van der Waals surface area contributed by atoms with Gasteiger partial charge in [-0.2, -0.15) is 0 Å². The van der Waals surface area contributed by atoms with Crippen molar-refractivity contribution in [2.75, 3.05) is 70.5 Å². The first-order chi connectivity index (χ1) is 19.1. The minimum atomic E-state index is -3.99. The summed E-state index contributed by atoms with van der Waals surface area (Å²) in [7, 11) is -3.99. The molecular formula is C23H29F2N9O4S2. The highest BCUT2D eigenvalue weighted by Gasteiger charge is 2.38. The number of anilines is 1. The summed E-state index contributed by atoms with van der Waals surface area (Å²) in [6.45, 7) is 7.01. The molecule has 3 aromatic heterocycles. The van der Waals surface area contributed by atoms with Crippen molar-refractivity contribution in [1.82, 2.24) is 39.4 Å². The van der Waals surface area contributed by atoms with Crippen LogP contribution in [0.5, 0.6) is 0 Å². The van der Waals surface area contributed by atoms with E-state index in [4.69, 9.17) is 4.74 Å². The van der Waals surface area contributed by atoms with Gasteiger partial charge in [0.25, 0.3) is 6.43 Å². The predicted molar refractivity (Wildman–Crippen MR) is 142 cm³/mol. The first-order valence-corrected chi connectivity index (χ1v) is 15.2. The molecule has 2 N–H and O–H groups in total. The highest BCUT2D eigenvalue weighted by atomic mass is 32.2. The van der Waals surface area contributed by atoms with Crippen LogP contribution in [0.3, 0.4) is 0 Å². The molecule has 0 aromatic carbocycles. The molecule has 2 amide bonds. The van der Waals surface area contributed by atoms with Crippen LogP contribution in [0, 0.1) is 0 Å². The number of piperazine rings is 2. The quantitative estimate of drug-likeness (QED) is 0.427. The van der Waals surface area contributed by atoms with Gasteiger partial charge in [0.15, 0.2) is 15.8 Å². The van der Waals surface area contributed by atoms with E-state index >= 15 is 0 Å². The van der Waals surface area contributed by atoms with Gasteiger partial charge in [-0.25, -0.2) is 31.7 Å². The summed E-state index contributed by atoms with van der Waals surface area (Å²) in [5.74, 6) is 0.211. The van der Waals surface area contributed by atoms with Crippen LogP contribution in [0.25, 0.3) is 16.3 Å². The third kappa shape index (κ3) is 5.11. The number of amides is 2. The lowest BCUT2D eigenvalue weighted by Crippen LogP contribution is -2.59. The number of rotatable bonds is 6. The van der Waals surface area contributed by atoms with Gasteiger partial charge in [-0.05, 0) is 13.0 Å². The van der Waals surface area contributed by atoms with Crippen LogP contribution in [0.4, 0.5) is 19.3 Å². The molecule has 6 heterocycles. The zero-order valence-corrected chi connectivity index (χ0v) is 23.3. The smallest absolute Gasteiger partial charge is 0.320 e. The van der Waals surface area contributed by atoms with Gasteiger partial charge in [0.2, 0.25) is 10.0 Å². The van der Waals surface area contributed by atoms with Crippen molar-refractivity contribution in [2.45, 2.75) is 23.8 Å². The minimum Gasteiger partial charge on any atom is -0.377 e. The van der Waals surface area contributed by atoms with Crippen molar-refractivity contribution in [3.8, 4) is 10.8 Å². The number of hydrogen-bond donors (Lipinski definition) is 2. The third-order valence-corrected chi connectivity index (χ3v) is 9.76. The summed E-state index contributed by atoms with van der Waals surface area (Å²) in [5.41, 5.74) is 0.458. The number of halogens is 2. The summed E-state index contributed by atoms with van der Waals surface area (Å²) in [6, 6.07) is 1.59. The van der Waals surface area contributed by atoms with Crippen molar-refractivity contribution in [3.05, 3.63) is 23.5 Å². The lowest BCUT2D eigenvalue weighted by Gasteiger charge is -2.40. The van der Waals surface area contributed by atoms with E-state index in [0.29, 0.717) is 61.8 Å². The number of fused-ring (bicyclic) bond motifs is 1. The number of nitrogens with one attached hydrogen (secondary N) is 2. The maximum atomic E-state index is 13.5. The average Bonchev–Trinajstić information content (AvgIpc) is 3.59. The van der Waals surface area contributed by atoms with E-state index in [1.165, 1.54) is 6.20 Å². The Bertz CT molecular complexity index is 1510. The first-order valence-electron chi connectivity index (χ1n) is 12.9. The molecule has 3 saturated heterocycles. The van der Waals surface area contributed by atoms with E-state index < -0.39 is 27.0 Å². The summed E-state index contributed by atoms with van der Waals surface area (Å²) >= 11 is 0.704. The van der Waals surface area contributed by atoms with Gasteiger partial charge >= 0.3 is 6.03 Å². The summed E-state index contributed by atoms with van der Waals surface area (Å²) in [4.78, 5) is 23.1. The number of urea groups is 1. The molecule has 13 nitrogen and oxygen atoms in total. The van der Waals surface area contributed by atoms with Gasteiger partial charge in [0, 0.05) is 58.6 Å². The van der Waals surface area contributed by atoms with Crippen LogP contribution in [-0.2, 0) is 14.8 Å². The van der Waals surface area contributed by atoms with Crippen LogP contribution in [0.15, 0.2) is 23.4 Å². The Morgan fingerprint density at radius 1 is 1.12 bits per heavy atom. The molecule has 0 radical (unpaired) electrons. The lowest BCUT2D eigenvalue weighted by molar-refractivity contribution is -0.0523. The molecule has 40 heavy (non-hydrogen) atoms. The molecule has 3 aliphatic rings. The van der Waals surface area contributed by atoms with Crippen molar-refractivity contribution in [2.24, 2.45) is 0 Å². The second kappa shape index (κ2) is 10.4. The number of nitrogens with zero attached hydrogens (tertiary/aromatic N) is 7. The van der Waals surface area contributed by atoms with Crippen LogP contribution >= 0.6 is 11.3 Å². The topological polar surface area (TPSA) is 137 Å². The standard InChI is InChI=1S/C23H29F2N9O4S2/c1-23(13-38-14-23)30-40(36,37)15-10-16(31-6-8-33(9-7-31)22(35)32-4-2-26-3-5-32)17-11-27-19(34(17)12-15)21-29-28-20(39-21)18(24)25/h10-12,18,26,30H,2-9,13-14H2,1H3. The van der Waals surface area contributed by atoms with Gasteiger partial charge < -0.3 is 24.8 Å². The molecule has 3 aromatic rings. The van der Waals surface area contributed by atoms with Gasteiger partial charge in [-0.1, -0.05) is 11.3 Å². The molecule has 0 aliphatic carbocycles. The monoisotopic (exact) mass is 597 g/mol. The molecule has 0 saturated carbocycles. The van der Waals surface area contributed by atoms with E-state index in [0.717, 1.165) is 13.1 Å². The number of imidazole rings is 1. The molecule has 17 heteroatoms. The fourth-order valence-electron chi connectivity index (χ4n) is 5.07. The number of aromatic nitrogens is 4. The highest BCUT2D eigenvalue weighted by Crippen LogP contribution is 2.34. The number of hydrogen-bond acceptors (Lipinski definition) is 10. The highest BCUT2D eigenvalue weighted by molar-refractivity contribution is 7.89. The van der Waals surface area contributed by atoms with E-state index in [2.05, 4.69) is 25.2 Å². The van der Waals surface area contributed by atoms with Crippen LogP contribution in [-0.4, -0.2) is 115 Å². The van der Waals surface area contributed by atoms with Gasteiger partial charge in [0.1, 0.15) is 4.90 Å². The van der Waals surface area contributed by atoms with Gasteiger partial charge in [0.05, 0.1) is 36.2 Å². The second-order valence-electron chi connectivity index (χ2n) is 10.3. The number of alkyl halides is 2. The number of carbonyl (C=O) groups is 1. The molecule has 3 fully saturated rings. The molecule has 216 valence electrons. The fraction of sp³-hybridized carbons (Fsp3) is 0.565. The first kappa shape index (κ1) is 27.2. The number of sulfonamides is 1. The zero-order chi connectivity index (χ0) is 28.1. The van der Waals surface area contributed by atoms with Crippen molar-refractivity contribution < 1.29 is 26.7 Å². The lowest BCUT2D eigenvalue weighted by atomic mass is 10.0. The molecule has 3 aliphatic heterocycles. The molecule has 0 bridgehead atoms. The third-order valence-electron chi connectivity index (χ3n) is 7.22. The van der Waals surface area contributed by atoms with Crippen molar-refractivity contribution in [1.29, 1.82) is 0 Å².